The second kappa shape index (κ2) is 2.82. The van der Waals surface area contributed by atoms with Crippen LogP contribution in [0, 0.1) is 5.21 Å². The third kappa shape index (κ3) is 3.97. The highest BCUT2D eigenvalue weighted by molar-refractivity contribution is 5.24. The SMILES string of the molecule is C=NC(N)(N)ON(N)[O-]. The largest absolute Gasteiger partial charge is 0.748 e. The lowest BCUT2D eigenvalue weighted by Gasteiger charge is -2.28. The average Bonchev–Trinajstić information content (AvgIpc) is 1.63. The Morgan fingerprint density at radius 2 is 2.11 bits per heavy atom. The predicted octanol–water partition coefficient (Wildman–Crippen LogP) is -2.18. The molecule has 0 fully saturated rings. The summed E-state index contributed by atoms with van der Waals surface area (Å²) in [6.07, 6.45) is 0. The molecule has 9 heavy (non-hydrogen) atoms. The molecule has 0 aromatic rings. The van der Waals surface area contributed by atoms with Crippen molar-refractivity contribution in [2.45, 2.75) is 5.97 Å². The molecule has 0 saturated carbocycles. The number of hydrogen-bond donors (Lipinski definition) is 3. The first-order valence-corrected chi connectivity index (χ1v) is 1.94. The summed E-state index contributed by atoms with van der Waals surface area (Å²) in [4.78, 5) is 6.99. The van der Waals surface area contributed by atoms with Crippen molar-refractivity contribution in [3.63, 3.8) is 0 Å². The molecule has 0 aliphatic rings. The van der Waals surface area contributed by atoms with Crippen LogP contribution in [0.1, 0.15) is 0 Å². The van der Waals surface area contributed by atoms with Crippen LogP contribution < -0.4 is 17.3 Å². The minimum atomic E-state index is -1.93. The molecule has 0 aliphatic heterocycles. The number of rotatable bonds is 3. The standard InChI is InChI=1S/C2H8N5O2/c1-6-2(3,4)9-7(5)8/h1,3-5H2/q-1. The van der Waals surface area contributed by atoms with Crippen molar-refractivity contribution in [3.8, 4) is 0 Å². The Morgan fingerprint density at radius 3 is 2.22 bits per heavy atom. The van der Waals surface area contributed by atoms with Gasteiger partial charge < -0.3 is 5.21 Å². The lowest BCUT2D eigenvalue weighted by molar-refractivity contribution is -0.215. The van der Waals surface area contributed by atoms with Crippen molar-refractivity contribution in [2.75, 3.05) is 0 Å². The molecule has 7 nitrogen and oxygen atoms in total. The fourth-order valence-electron chi connectivity index (χ4n) is 0.173. The molecule has 0 aliphatic carbocycles. The molecule has 7 heteroatoms. The summed E-state index contributed by atoms with van der Waals surface area (Å²) in [6, 6.07) is 0. The predicted molar refractivity (Wildman–Crippen MR) is 31.1 cm³/mol. The zero-order valence-corrected chi connectivity index (χ0v) is 4.65. The lowest BCUT2D eigenvalue weighted by atomic mass is 10.8. The van der Waals surface area contributed by atoms with Crippen molar-refractivity contribution in [2.24, 2.45) is 22.3 Å². The Morgan fingerprint density at radius 1 is 1.67 bits per heavy atom. The molecule has 0 bridgehead atoms. The van der Waals surface area contributed by atoms with Gasteiger partial charge in [0.15, 0.2) is 0 Å². The Bertz CT molecular complexity index is 101. The molecular formula is C2H8N5O2-. The topological polar surface area (TPSA) is 126 Å². The quantitative estimate of drug-likeness (QED) is 0.174. The fraction of sp³-hybridized carbons (Fsp3) is 0.500. The van der Waals surface area contributed by atoms with Crippen LogP contribution in [0.25, 0.3) is 0 Å². The highest BCUT2D eigenvalue weighted by Crippen LogP contribution is 1.93. The van der Waals surface area contributed by atoms with E-state index in [2.05, 4.69) is 22.4 Å². The second-order valence-corrected chi connectivity index (χ2v) is 1.29. The molecule has 0 aromatic heterocycles. The number of nitrogens with zero attached hydrogens (tertiary/aromatic N) is 2. The first kappa shape index (κ1) is 8.43. The molecule has 0 unspecified atom stereocenters. The molecule has 6 N–H and O–H groups in total. The summed E-state index contributed by atoms with van der Waals surface area (Å²) in [6.45, 7) is 2.94. The summed E-state index contributed by atoms with van der Waals surface area (Å²) in [5.74, 6) is 2.53. The monoisotopic (exact) mass is 134 g/mol. The third-order valence-electron chi connectivity index (χ3n) is 0.483. The maximum absolute atomic E-state index is 9.84. The Kier molecular flexibility index (Phi) is 2.65. The van der Waals surface area contributed by atoms with Crippen LogP contribution in [0.4, 0.5) is 0 Å². The third-order valence-corrected chi connectivity index (χ3v) is 0.483. The minimum Gasteiger partial charge on any atom is -0.748 e. The number of nitrogens with two attached hydrogens (primary N) is 3. The Hall–Kier alpha value is -0.570. The van der Waals surface area contributed by atoms with Gasteiger partial charge in [0.05, 0.1) is 0 Å². The number of hydrogen-bond acceptors (Lipinski definition) is 7. The zero-order valence-electron chi connectivity index (χ0n) is 4.65. The summed E-state index contributed by atoms with van der Waals surface area (Å²) in [7, 11) is 0. The molecular weight excluding hydrogens is 126 g/mol. The van der Waals surface area contributed by atoms with E-state index in [0.717, 1.165) is 0 Å². The van der Waals surface area contributed by atoms with Gasteiger partial charge in [-0.15, -0.1) is 0 Å². The molecule has 0 saturated heterocycles. The number of hydrazine groups is 1. The van der Waals surface area contributed by atoms with E-state index in [9.17, 15) is 5.21 Å². The van der Waals surface area contributed by atoms with Gasteiger partial charge in [0.2, 0.25) is 0 Å². The van der Waals surface area contributed by atoms with E-state index < -0.39 is 11.3 Å². The van der Waals surface area contributed by atoms with E-state index >= 15 is 0 Å². The Labute approximate surface area is 51.6 Å². The highest BCUT2D eigenvalue weighted by Gasteiger charge is 2.15. The first-order chi connectivity index (χ1) is 3.98. The van der Waals surface area contributed by atoms with Gasteiger partial charge in [-0.2, -0.15) is 5.34 Å². The van der Waals surface area contributed by atoms with Crippen molar-refractivity contribution >= 4 is 6.72 Å². The van der Waals surface area contributed by atoms with Crippen LogP contribution in [0.15, 0.2) is 4.99 Å². The highest BCUT2D eigenvalue weighted by atomic mass is 16.9. The van der Waals surface area contributed by atoms with Crippen molar-refractivity contribution in [1.82, 2.24) is 5.34 Å². The smallest absolute Gasteiger partial charge is 0.289 e. The molecule has 0 atom stereocenters. The van der Waals surface area contributed by atoms with Crippen LogP contribution in [0.5, 0.6) is 0 Å². The van der Waals surface area contributed by atoms with E-state index in [1.807, 2.05) is 0 Å². The number of aliphatic imine (C=N–C) groups is 1. The van der Waals surface area contributed by atoms with Gasteiger partial charge in [0.25, 0.3) is 5.97 Å². The van der Waals surface area contributed by atoms with E-state index in [-0.39, 0.29) is 0 Å². The molecule has 0 heterocycles. The maximum Gasteiger partial charge on any atom is 0.289 e. The van der Waals surface area contributed by atoms with Gasteiger partial charge in [-0.25, -0.2) is 9.83 Å². The zero-order chi connectivity index (χ0) is 7.49. The molecule has 0 rings (SSSR count). The van der Waals surface area contributed by atoms with E-state index in [4.69, 9.17) is 11.5 Å². The van der Waals surface area contributed by atoms with Gasteiger partial charge >= 0.3 is 0 Å². The van der Waals surface area contributed by atoms with Crippen LogP contribution in [-0.4, -0.2) is 18.0 Å². The minimum absolute atomic E-state index is 0.394. The van der Waals surface area contributed by atoms with Crippen molar-refractivity contribution < 1.29 is 4.84 Å². The van der Waals surface area contributed by atoms with Gasteiger partial charge in [-0.05, 0) is 6.72 Å². The summed E-state index contributed by atoms with van der Waals surface area (Å²) in [5.41, 5.74) is 9.84. The maximum atomic E-state index is 9.84. The first-order valence-electron chi connectivity index (χ1n) is 1.94. The summed E-state index contributed by atoms with van der Waals surface area (Å²) in [5, 5.41) is 9.45. The van der Waals surface area contributed by atoms with Crippen LogP contribution in [0.3, 0.4) is 0 Å². The average molecular weight is 134 g/mol. The van der Waals surface area contributed by atoms with Crippen molar-refractivity contribution in [1.29, 1.82) is 0 Å². The Balaban J connectivity index is 3.71. The molecule has 54 valence electrons. The van der Waals surface area contributed by atoms with Crippen LogP contribution in [0.2, 0.25) is 0 Å². The van der Waals surface area contributed by atoms with E-state index in [0.29, 0.717) is 0 Å². The van der Waals surface area contributed by atoms with Crippen LogP contribution >= 0.6 is 0 Å². The molecule has 0 aromatic carbocycles. The normalized spacial score (nSPS) is 12.1. The van der Waals surface area contributed by atoms with Crippen LogP contribution in [-0.2, 0) is 4.84 Å². The van der Waals surface area contributed by atoms with Crippen molar-refractivity contribution in [3.05, 3.63) is 5.21 Å². The lowest BCUT2D eigenvalue weighted by Crippen LogP contribution is -2.54. The van der Waals surface area contributed by atoms with Gasteiger partial charge in [0, 0.05) is 0 Å². The molecule has 0 amide bonds. The van der Waals surface area contributed by atoms with E-state index in [1.54, 1.807) is 0 Å². The summed E-state index contributed by atoms with van der Waals surface area (Å²) >= 11 is 0. The second-order valence-electron chi connectivity index (χ2n) is 1.29. The molecule has 0 spiro atoms. The molecule has 0 radical (unpaired) electrons. The van der Waals surface area contributed by atoms with Gasteiger partial charge in [-0.3, -0.25) is 17.3 Å². The van der Waals surface area contributed by atoms with Gasteiger partial charge in [-0.1, -0.05) is 0 Å². The fourth-order valence-corrected chi connectivity index (χ4v) is 0.173. The summed E-state index contributed by atoms with van der Waals surface area (Å²) < 4.78 is 0. The van der Waals surface area contributed by atoms with Gasteiger partial charge in [0.1, 0.15) is 0 Å². The van der Waals surface area contributed by atoms with E-state index in [1.165, 1.54) is 0 Å².